The molecule has 4 rings (SSSR count). The summed E-state index contributed by atoms with van der Waals surface area (Å²) >= 11 is 1.81. The van der Waals surface area contributed by atoms with Gasteiger partial charge in [-0.2, -0.15) is 0 Å². The number of rotatable bonds is 4. The highest BCUT2D eigenvalue weighted by atomic mass is 32.1. The van der Waals surface area contributed by atoms with Crippen LogP contribution in [-0.2, 0) is 4.79 Å². The molecule has 26 heavy (non-hydrogen) atoms. The number of carbonyl (C=O) groups excluding carboxylic acids is 1. The van der Waals surface area contributed by atoms with Crippen LogP contribution in [0.5, 0.6) is 0 Å². The van der Waals surface area contributed by atoms with Crippen molar-refractivity contribution in [2.75, 3.05) is 13.1 Å². The number of nitrogens with zero attached hydrogens (tertiary/aromatic N) is 2. The quantitative estimate of drug-likeness (QED) is 0.638. The Hall–Kier alpha value is -2.20. The molecule has 2 heterocycles. The molecule has 2 aromatic carbocycles. The highest BCUT2D eigenvalue weighted by molar-refractivity contribution is 7.18. The molecule has 1 fully saturated rings. The molecule has 1 aliphatic heterocycles. The fourth-order valence-corrected chi connectivity index (χ4v) is 4.87. The summed E-state index contributed by atoms with van der Waals surface area (Å²) in [5, 5.41) is 1.23. The van der Waals surface area contributed by atoms with Crippen molar-refractivity contribution >= 4 is 27.5 Å². The van der Waals surface area contributed by atoms with Crippen molar-refractivity contribution < 1.29 is 4.79 Å². The molecule has 1 aliphatic rings. The number of fused-ring (bicyclic) bond motifs is 1. The van der Waals surface area contributed by atoms with E-state index in [-0.39, 0.29) is 11.8 Å². The number of carbonyl (C=O) groups is 1. The highest BCUT2D eigenvalue weighted by Gasteiger charge is 2.26. The molecule has 3 aromatic rings. The highest BCUT2D eigenvalue weighted by Crippen LogP contribution is 2.34. The first-order valence-corrected chi connectivity index (χ1v) is 10.2. The Labute approximate surface area is 158 Å². The van der Waals surface area contributed by atoms with Gasteiger partial charge < -0.3 is 4.90 Å². The molecular formula is C22H24N2OS. The predicted molar refractivity (Wildman–Crippen MR) is 108 cm³/mol. The van der Waals surface area contributed by atoms with Gasteiger partial charge in [0.2, 0.25) is 5.91 Å². The van der Waals surface area contributed by atoms with E-state index in [1.165, 1.54) is 15.3 Å². The minimum absolute atomic E-state index is 0.269. The summed E-state index contributed by atoms with van der Waals surface area (Å²) in [4.78, 5) is 19.5. The van der Waals surface area contributed by atoms with Crippen LogP contribution in [0.3, 0.4) is 0 Å². The zero-order chi connectivity index (χ0) is 17.9. The van der Waals surface area contributed by atoms with Crippen LogP contribution >= 0.6 is 11.3 Å². The van der Waals surface area contributed by atoms with Crippen LogP contribution in [0.25, 0.3) is 10.2 Å². The van der Waals surface area contributed by atoms with E-state index in [2.05, 4.69) is 37.3 Å². The Morgan fingerprint density at radius 1 is 1.12 bits per heavy atom. The SMILES string of the molecule is CC(CC(=O)N1CCC(c2nc3ccccc3s2)CC1)c1ccccc1. The van der Waals surface area contributed by atoms with Gasteiger partial charge in [-0.3, -0.25) is 4.79 Å². The van der Waals surface area contributed by atoms with Crippen molar-refractivity contribution in [1.29, 1.82) is 0 Å². The maximum Gasteiger partial charge on any atom is 0.223 e. The molecule has 0 bridgehead atoms. The Balaban J connectivity index is 1.35. The summed E-state index contributed by atoms with van der Waals surface area (Å²) < 4.78 is 1.26. The second-order valence-corrected chi connectivity index (χ2v) is 8.25. The molecule has 3 nitrogen and oxygen atoms in total. The van der Waals surface area contributed by atoms with Gasteiger partial charge in [0, 0.05) is 25.4 Å². The van der Waals surface area contributed by atoms with Gasteiger partial charge >= 0.3 is 0 Å². The van der Waals surface area contributed by atoms with Gasteiger partial charge in [0.05, 0.1) is 15.2 Å². The van der Waals surface area contributed by atoms with Crippen molar-refractivity contribution in [2.24, 2.45) is 0 Å². The minimum Gasteiger partial charge on any atom is -0.343 e. The van der Waals surface area contributed by atoms with Crippen molar-refractivity contribution in [1.82, 2.24) is 9.88 Å². The lowest BCUT2D eigenvalue weighted by atomic mass is 9.94. The van der Waals surface area contributed by atoms with Gasteiger partial charge in [-0.05, 0) is 36.5 Å². The van der Waals surface area contributed by atoms with E-state index in [0.29, 0.717) is 12.3 Å². The van der Waals surface area contributed by atoms with Crippen LogP contribution in [0.15, 0.2) is 54.6 Å². The fraction of sp³-hybridized carbons (Fsp3) is 0.364. The number of piperidine rings is 1. The third-order valence-electron chi connectivity index (χ3n) is 5.36. The molecule has 0 spiro atoms. The van der Waals surface area contributed by atoms with Crippen LogP contribution in [0.1, 0.15) is 48.6 Å². The van der Waals surface area contributed by atoms with Crippen molar-refractivity contribution in [3.05, 3.63) is 65.2 Å². The monoisotopic (exact) mass is 364 g/mol. The molecule has 0 saturated carbocycles. The summed E-state index contributed by atoms with van der Waals surface area (Å²) in [5.74, 6) is 1.04. The molecule has 1 unspecified atom stereocenters. The molecule has 1 amide bonds. The predicted octanol–water partition coefficient (Wildman–Crippen LogP) is 5.20. The molecule has 1 aromatic heterocycles. The summed E-state index contributed by atoms with van der Waals surface area (Å²) in [6.45, 7) is 3.84. The van der Waals surface area contributed by atoms with Crippen LogP contribution in [-0.4, -0.2) is 28.9 Å². The van der Waals surface area contributed by atoms with Crippen molar-refractivity contribution in [3.63, 3.8) is 0 Å². The Morgan fingerprint density at radius 3 is 2.54 bits per heavy atom. The van der Waals surface area contributed by atoms with Crippen molar-refractivity contribution in [2.45, 2.75) is 38.0 Å². The summed E-state index contributed by atoms with van der Waals surface area (Å²) in [6, 6.07) is 18.7. The van der Waals surface area contributed by atoms with E-state index in [4.69, 9.17) is 4.98 Å². The molecule has 0 N–H and O–H groups in total. The summed E-state index contributed by atoms with van der Waals surface area (Å²) in [6.07, 6.45) is 2.63. The van der Waals surface area contributed by atoms with Crippen LogP contribution < -0.4 is 0 Å². The van der Waals surface area contributed by atoms with Gasteiger partial charge in [0.15, 0.2) is 0 Å². The first-order valence-electron chi connectivity index (χ1n) is 9.39. The van der Waals surface area contributed by atoms with Gasteiger partial charge in [-0.15, -0.1) is 11.3 Å². The Bertz CT molecular complexity index is 848. The maximum absolute atomic E-state index is 12.7. The lowest BCUT2D eigenvalue weighted by Crippen LogP contribution is -2.38. The molecule has 1 atom stereocenters. The standard InChI is InChI=1S/C22H24N2OS/c1-16(17-7-3-2-4-8-17)15-21(25)24-13-11-18(12-14-24)22-23-19-9-5-6-10-20(19)26-22/h2-10,16,18H,11-15H2,1H3. The first-order chi connectivity index (χ1) is 12.7. The van der Waals surface area contributed by atoms with E-state index in [9.17, 15) is 4.79 Å². The second kappa shape index (κ2) is 7.58. The summed E-state index contributed by atoms with van der Waals surface area (Å²) in [7, 11) is 0. The van der Waals surface area contributed by atoms with Crippen LogP contribution in [0.2, 0.25) is 0 Å². The van der Waals surface area contributed by atoms with Crippen LogP contribution in [0.4, 0.5) is 0 Å². The average Bonchev–Trinajstić information content (AvgIpc) is 3.13. The third-order valence-corrected chi connectivity index (χ3v) is 6.56. The smallest absolute Gasteiger partial charge is 0.223 e. The fourth-order valence-electron chi connectivity index (χ4n) is 3.73. The van der Waals surface area contributed by atoms with Crippen LogP contribution in [0, 0.1) is 0 Å². The first kappa shape index (κ1) is 17.2. The molecule has 0 radical (unpaired) electrons. The number of thiazole rings is 1. The van der Waals surface area contributed by atoms with E-state index < -0.39 is 0 Å². The molecule has 0 aliphatic carbocycles. The number of amides is 1. The Morgan fingerprint density at radius 2 is 1.81 bits per heavy atom. The number of para-hydroxylation sites is 1. The molecular weight excluding hydrogens is 340 g/mol. The Kier molecular flexibility index (Phi) is 5.02. The summed E-state index contributed by atoms with van der Waals surface area (Å²) in [5.41, 5.74) is 2.34. The van der Waals surface area contributed by atoms with E-state index in [1.807, 2.05) is 29.2 Å². The second-order valence-electron chi connectivity index (χ2n) is 7.19. The van der Waals surface area contributed by atoms with Crippen molar-refractivity contribution in [3.8, 4) is 0 Å². The van der Waals surface area contributed by atoms with E-state index >= 15 is 0 Å². The lowest BCUT2D eigenvalue weighted by molar-refractivity contribution is -0.132. The minimum atomic E-state index is 0.269. The normalized spacial score (nSPS) is 16.7. The number of benzene rings is 2. The average molecular weight is 365 g/mol. The number of hydrogen-bond acceptors (Lipinski definition) is 3. The topological polar surface area (TPSA) is 33.2 Å². The number of aromatic nitrogens is 1. The number of hydrogen-bond donors (Lipinski definition) is 0. The van der Waals surface area contributed by atoms with Gasteiger partial charge in [-0.25, -0.2) is 4.98 Å². The van der Waals surface area contributed by atoms with Gasteiger partial charge in [-0.1, -0.05) is 49.4 Å². The van der Waals surface area contributed by atoms with E-state index in [1.54, 1.807) is 11.3 Å². The van der Waals surface area contributed by atoms with E-state index in [0.717, 1.165) is 31.4 Å². The lowest BCUT2D eigenvalue weighted by Gasteiger charge is -2.32. The largest absolute Gasteiger partial charge is 0.343 e. The molecule has 4 heteroatoms. The third kappa shape index (κ3) is 3.65. The zero-order valence-electron chi connectivity index (χ0n) is 15.1. The van der Waals surface area contributed by atoms with Gasteiger partial charge in [0.1, 0.15) is 0 Å². The van der Waals surface area contributed by atoms with Gasteiger partial charge in [0.25, 0.3) is 0 Å². The number of likely N-dealkylation sites (tertiary alicyclic amines) is 1. The molecule has 1 saturated heterocycles. The maximum atomic E-state index is 12.7. The molecule has 134 valence electrons. The zero-order valence-corrected chi connectivity index (χ0v) is 15.9.